The molecule has 0 spiro atoms. The highest BCUT2D eigenvalue weighted by Crippen LogP contribution is 2.24. The molecule has 3 aromatic heterocycles. The molecule has 1 N–H and O–H groups in total. The third-order valence-electron chi connectivity index (χ3n) is 3.35. The predicted molar refractivity (Wildman–Crippen MR) is 86.9 cm³/mol. The highest BCUT2D eigenvalue weighted by Gasteiger charge is 2.13. The van der Waals surface area contributed by atoms with E-state index in [9.17, 15) is 4.79 Å². The van der Waals surface area contributed by atoms with E-state index >= 15 is 0 Å². The number of amides is 1. The van der Waals surface area contributed by atoms with Crippen molar-refractivity contribution >= 4 is 34.8 Å². The van der Waals surface area contributed by atoms with E-state index in [0.717, 1.165) is 0 Å². The third kappa shape index (κ3) is 3.16. The van der Waals surface area contributed by atoms with Crippen LogP contribution in [0.25, 0.3) is 5.65 Å². The van der Waals surface area contributed by atoms with Gasteiger partial charge in [-0.1, -0.05) is 23.2 Å². The van der Waals surface area contributed by atoms with Crippen LogP contribution in [0.2, 0.25) is 10.2 Å². The van der Waals surface area contributed by atoms with E-state index in [1.54, 1.807) is 34.6 Å². The van der Waals surface area contributed by atoms with Crippen molar-refractivity contribution in [3.8, 4) is 0 Å². The van der Waals surface area contributed by atoms with Gasteiger partial charge in [-0.05, 0) is 19.4 Å². The molecular weight excluding hydrogens is 339 g/mol. The number of hydrogen-bond donors (Lipinski definition) is 1. The van der Waals surface area contributed by atoms with Crippen LogP contribution in [0.3, 0.4) is 0 Å². The number of nitrogens with zero attached hydrogens (tertiary/aromatic N) is 5. The molecule has 0 saturated heterocycles. The molecule has 0 saturated carbocycles. The SMILES string of the molecule is Cc1nn(CCCNC(=O)c2cnn3cccnc23)c(Cl)c1Cl. The summed E-state index contributed by atoms with van der Waals surface area (Å²) in [5.41, 5.74) is 1.67. The first-order valence-electron chi connectivity index (χ1n) is 7.03. The van der Waals surface area contributed by atoms with Crippen molar-refractivity contribution in [2.75, 3.05) is 6.54 Å². The van der Waals surface area contributed by atoms with Crippen LogP contribution >= 0.6 is 23.2 Å². The molecule has 120 valence electrons. The van der Waals surface area contributed by atoms with Crippen LogP contribution in [0.5, 0.6) is 0 Å². The lowest BCUT2D eigenvalue weighted by atomic mass is 10.3. The Morgan fingerprint density at radius 2 is 2.22 bits per heavy atom. The molecule has 0 radical (unpaired) electrons. The Kier molecular flexibility index (Phi) is 4.49. The fraction of sp³-hybridized carbons (Fsp3) is 0.286. The molecule has 0 unspecified atom stereocenters. The van der Waals surface area contributed by atoms with E-state index in [-0.39, 0.29) is 5.91 Å². The summed E-state index contributed by atoms with van der Waals surface area (Å²) in [6.07, 6.45) is 5.55. The number of halogens is 2. The first-order valence-corrected chi connectivity index (χ1v) is 7.78. The number of fused-ring (bicyclic) bond motifs is 1. The number of aromatic nitrogens is 5. The third-order valence-corrected chi connectivity index (χ3v) is 4.29. The van der Waals surface area contributed by atoms with Gasteiger partial charge in [0.25, 0.3) is 5.91 Å². The summed E-state index contributed by atoms with van der Waals surface area (Å²) >= 11 is 12.0. The molecule has 23 heavy (non-hydrogen) atoms. The topological polar surface area (TPSA) is 77.1 Å². The van der Waals surface area contributed by atoms with Crippen molar-refractivity contribution in [2.45, 2.75) is 19.9 Å². The lowest BCUT2D eigenvalue weighted by Gasteiger charge is -2.05. The van der Waals surface area contributed by atoms with Crippen molar-refractivity contribution in [3.05, 3.63) is 46.1 Å². The Labute approximate surface area is 142 Å². The molecule has 0 bridgehead atoms. The zero-order valence-electron chi connectivity index (χ0n) is 12.3. The summed E-state index contributed by atoms with van der Waals surface area (Å²) in [5, 5.41) is 12.0. The fourth-order valence-electron chi connectivity index (χ4n) is 2.19. The van der Waals surface area contributed by atoms with Crippen LogP contribution in [0.15, 0.2) is 24.7 Å². The molecule has 1 amide bonds. The van der Waals surface area contributed by atoms with Crippen molar-refractivity contribution in [1.82, 2.24) is 29.7 Å². The van der Waals surface area contributed by atoms with Gasteiger partial charge in [0.1, 0.15) is 15.7 Å². The van der Waals surface area contributed by atoms with Gasteiger partial charge in [-0.15, -0.1) is 0 Å². The first kappa shape index (κ1) is 15.8. The maximum atomic E-state index is 12.2. The molecule has 7 nitrogen and oxygen atoms in total. The van der Waals surface area contributed by atoms with E-state index in [1.807, 2.05) is 0 Å². The lowest BCUT2D eigenvalue weighted by molar-refractivity contribution is 0.0954. The van der Waals surface area contributed by atoms with Gasteiger partial charge in [0.2, 0.25) is 0 Å². The van der Waals surface area contributed by atoms with E-state index in [0.29, 0.717) is 46.6 Å². The second-order valence-electron chi connectivity index (χ2n) is 4.97. The van der Waals surface area contributed by atoms with Crippen LogP contribution in [-0.2, 0) is 6.54 Å². The van der Waals surface area contributed by atoms with E-state index in [2.05, 4.69) is 20.5 Å². The molecule has 0 aliphatic carbocycles. The molecule has 0 atom stereocenters. The zero-order chi connectivity index (χ0) is 16.4. The van der Waals surface area contributed by atoms with Gasteiger partial charge < -0.3 is 5.32 Å². The van der Waals surface area contributed by atoms with Crippen molar-refractivity contribution < 1.29 is 4.79 Å². The summed E-state index contributed by atoms with van der Waals surface area (Å²) in [6.45, 7) is 2.85. The van der Waals surface area contributed by atoms with E-state index in [1.165, 1.54) is 6.20 Å². The maximum absolute atomic E-state index is 12.2. The van der Waals surface area contributed by atoms with Crippen LogP contribution in [0.1, 0.15) is 22.5 Å². The standard InChI is InChI=1S/C14H14Cl2N6O/c1-9-11(15)12(16)21(20-9)6-3-5-18-14(23)10-8-19-22-7-2-4-17-13(10)22/h2,4,7-8H,3,5-6H2,1H3,(H,18,23). The van der Waals surface area contributed by atoms with Gasteiger partial charge in [0, 0.05) is 25.5 Å². The molecule has 0 aliphatic rings. The molecule has 3 aromatic rings. The molecule has 0 aromatic carbocycles. The maximum Gasteiger partial charge on any atom is 0.256 e. The summed E-state index contributed by atoms with van der Waals surface area (Å²) in [6, 6.07) is 1.75. The number of hydrogen-bond acceptors (Lipinski definition) is 4. The monoisotopic (exact) mass is 352 g/mol. The first-order chi connectivity index (χ1) is 11.1. The Hall–Kier alpha value is -2.12. The highest BCUT2D eigenvalue weighted by molar-refractivity contribution is 6.41. The lowest BCUT2D eigenvalue weighted by Crippen LogP contribution is -2.25. The van der Waals surface area contributed by atoms with Crippen LogP contribution in [-0.4, -0.2) is 36.8 Å². The number of aryl methyl sites for hydroxylation is 2. The second-order valence-corrected chi connectivity index (χ2v) is 5.70. The summed E-state index contributed by atoms with van der Waals surface area (Å²) in [7, 11) is 0. The van der Waals surface area contributed by atoms with Gasteiger partial charge in [-0.3, -0.25) is 9.48 Å². The number of nitrogens with one attached hydrogen (secondary N) is 1. The smallest absolute Gasteiger partial charge is 0.256 e. The van der Waals surface area contributed by atoms with E-state index in [4.69, 9.17) is 23.2 Å². The average Bonchev–Trinajstić information content (AvgIpc) is 3.09. The Morgan fingerprint density at radius 3 is 2.96 bits per heavy atom. The Bertz CT molecular complexity index is 856. The van der Waals surface area contributed by atoms with Crippen LogP contribution in [0.4, 0.5) is 0 Å². The highest BCUT2D eigenvalue weighted by atomic mass is 35.5. The Balaban J connectivity index is 1.56. The normalized spacial score (nSPS) is 11.1. The summed E-state index contributed by atoms with van der Waals surface area (Å²) in [4.78, 5) is 16.3. The summed E-state index contributed by atoms with van der Waals surface area (Å²) in [5.74, 6) is -0.209. The van der Waals surface area contributed by atoms with Gasteiger partial charge in [0.15, 0.2) is 5.65 Å². The molecule has 0 aliphatic heterocycles. The van der Waals surface area contributed by atoms with Crippen molar-refractivity contribution in [2.24, 2.45) is 0 Å². The number of rotatable bonds is 5. The molecular formula is C14H14Cl2N6O. The van der Waals surface area contributed by atoms with Crippen LogP contribution < -0.4 is 5.32 Å². The second kappa shape index (κ2) is 6.55. The largest absolute Gasteiger partial charge is 0.352 e. The van der Waals surface area contributed by atoms with Crippen LogP contribution in [0, 0.1) is 6.92 Å². The minimum absolute atomic E-state index is 0.209. The molecule has 9 heteroatoms. The fourth-order valence-corrected chi connectivity index (χ4v) is 2.59. The van der Waals surface area contributed by atoms with Gasteiger partial charge in [0.05, 0.1) is 11.9 Å². The van der Waals surface area contributed by atoms with Gasteiger partial charge in [-0.2, -0.15) is 10.2 Å². The Morgan fingerprint density at radius 1 is 1.39 bits per heavy atom. The predicted octanol–water partition coefficient (Wildman–Crippen LogP) is 2.36. The van der Waals surface area contributed by atoms with Gasteiger partial charge in [-0.25, -0.2) is 9.50 Å². The van der Waals surface area contributed by atoms with Crippen molar-refractivity contribution in [1.29, 1.82) is 0 Å². The minimum Gasteiger partial charge on any atom is -0.352 e. The quantitative estimate of drug-likeness (QED) is 0.715. The summed E-state index contributed by atoms with van der Waals surface area (Å²) < 4.78 is 3.19. The van der Waals surface area contributed by atoms with E-state index < -0.39 is 0 Å². The molecule has 3 heterocycles. The molecule has 3 rings (SSSR count). The van der Waals surface area contributed by atoms with Gasteiger partial charge >= 0.3 is 0 Å². The average molecular weight is 353 g/mol. The zero-order valence-corrected chi connectivity index (χ0v) is 13.8. The molecule has 0 fully saturated rings. The minimum atomic E-state index is -0.209. The van der Waals surface area contributed by atoms with Crippen molar-refractivity contribution in [3.63, 3.8) is 0 Å². The number of carbonyl (C=O) groups is 1. The number of carbonyl (C=O) groups excluding carboxylic acids is 1.